The quantitative estimate of drug-likeness (QED) is 0.646. The minimum Gasteiger partial charge on any atom is -0.373 e. The minimum absolute atomic E-state index is 0.00285. The molecule has 1 saturated heterocycles. The Balaban J connectivity index is 2.30. The average Bonchev–Trinajstić information content (AvgIpc) is 2.32. The zero-order valence-electron chi connectivity index (χ0n) is 12.6. The summed E-state index contributed by atoms with van der Waals surface area (Å²) in [6.07, 6.45) is 6.67. The third kappa shape index (κ3) is 6.23. The Morgan fingerprint density at radius 3 is 2.11 bits per heavy atom. The van der Waals surface area contributed by atoms with Crippen molar-refractivity contribution >= 4 is 10.0 Å². The van der Waals surface area contributed by atoms with Crippen molar-refractivity contribution in [3.05, 3.63) is 0 Å². The van der Waals surface area contributed by atoms with E-state index < -0.39 is 10.0 Å². The van der Waals surface area contributed by atoms with Gasteiger partial charge in [0.05, 0.1) is 18.0 Å². The summed E-state index contributed by atoms with van der Waals surface area (Å²) >= 11 is 0. The van der Waals surface area contributed by atoms with E-state index in [0.717, 1.165) is 19.3 Å². The average molecular weight is 291 g/mol. The molecule has 0 spiro atoms. The monoisotopic (exact) mass is 291 g/mol. The second kappa shape index (κ2) is 8.22. The van der Waals surface area contributed by atoms with Gasteiger partial charge in [-0.05, 0) is 20.3 Å². The summed E-state index contributed by atoms with van der Waals surface area (Å²) in [5.41, 5.74) is 0. The zero-order chi connectivity index (χ0) is 14.3. The lowest BCUT2D eigenvalue weighted by Crippen LogP contribution is -2.48. The van der Waals surface area contributed by atoms with Crippen LogP contribution < -0.4 is 0 Å². The maximum absolute atomic E-state index is 12.2. The van der Waals surface area contributed by atoms with Crippen LogP contribution in [0.3, 0.4) is 0 Å². The Morgan fingerprint density at radius 1 is 1.00 bits per heavy atom. The molecule has 0 radical (unpaired) electrons. The van der Waals surface area contributed by atoms with E-state index in [0.29, 0.717) is 18.8 Å². The van der Waals surface area contributed by atoms with Crippen LogP contribution in [0.2, 0.25) is 0 Å². The highest BCUT2D eigenvalue weighted by molar-refractivity contribution is 7.89. The molecule has 0 saturated carbocycles. The second-order valence-electron chi connectivity index (χ2n) is 5.66. The number of morpholine rings is 1. The summed E-state index contributed by atoms with van der Waals surface area (Å²) in [5, 5.41) is 0. The van der Waals surface area contributed by atoms with Gasteiger partial charge < -0.3 is 4.74 Å². The largest absolute Gasteiger partial charge is 0.373 e. The van der Waals surface area contributed by atoms with Crippen molar-refractivity contribution in [2.75, 3.05) is 18.8 Å². The molecule has 0 aliphatic carbocycles. The second-order valence-corrected chi connectivity index (χ2v) is 7.75. The summed E-state index contributed by atoms with van der Waals surface area (Å²) in [6.45, 7) is 7.06. The lowest BCUT2D eigenvalue weighted by atomic mass is 10.1. The fourth-order valence-electron chi connectivity index (χ4n) is 2.55. The predicted octanol–water partition coefficient (Wildman–Crippen LogP) is 2.79. The van der Waals surface area contributed by atoms with Crippen molar-refractivity contribution < 1.29 is 13.2 Å². The van der Waals surface area contributed by atoms with E-state index in [1.807, 2.05) is 13.8 Å². The maximum atomic E-state index is 12.2. The van der Waals surface area contributed by atoms with E-state index in [9.17, 15) is 8.42 Å². The van der Waals surface area contributed by atoms with Gasteiger partial charge in [0.15, 0.2) is 0 Å². The van der Waals surface area contributed by atoms with E-state index in [4.69, 9.17) is 4.74 Å². The first-order valence-electron chi connectivity index (χ1n) is 7.59. The molecule has 1 aliphatic heterocycles. The highest BCUT2D eigenvalue weighted by atomic mass is 32.2. The van der Waals surface area contributed by atoms with Gasteiger partial charge in [-0.2, -0.15) is 4.31 Å². The predicted molar refractivity (Wildman–Crippen MR) is 78.7 cm³/mol. The van der Waals surface area contributed by atoms with Crippen molar-refractivity contribution in [1.29, 1.82) is 0 Å². The topological polar surface area (TPSA) is 46.6 Å². The van der Waals surface area contributed by atoms with Crippen LogP contribution in [0.15, 0.2) is 0 Å². The van der Waals surface area contributed by atoms with Gasteiger partial charge in [-0.15, -0.1) is 0 Å². The zero-order valence-corrected chi connectivity index (χ0v) is 13.4. The Hall–Kier alpha value is -0.130. The van der Waals surface area contributed by atoms with Gasteiger partial charge in [0.1, 0.15) is 0 Å². The molecule has 2 atom stereocenters. The van der Waals surface area contributed by atoms with Gasteiger partial charge in [0.2, 0.25) is 10.0 Å². The first-order valence-corrected chi connectivity index (χ1v) is 9.20. The number of rotatable bonds is 8. The SMILES string of the molecule is CCCCCCCCS(=O)(=O)N1CC(C)OC(C)C1. The fraction of sp³-hybridized carbons (Fsp3) is 1.00. The van der Waals surface area contributed by atoms with E-state index in [2.05, 4.69) is 6.92 Å². The molecule has 0 N–H and O–H groups in total. The Labute approximate surface area is 118 Å². The number of hydrogen-bond donors (Lipinski definition) is 0. The summed E-state index contributed by atoms with van der Waals surface area (Å²) < 4.78 is 31.7. The molecule has 19 heavy (non-hydrogen) atoms. The summed E-state index contributed by atoms with van der Waals surface area (Å²) in [5.74, 6) is 0.290. The summed E-state index contributed by atoms with van der Waals surface area (Å²) in [6, 6.07) is 0. The fourth-order valence-corrected chi connectivity index (χ4v) is 4.25. The molecule has 0 bridgehead atoms. The Kier molecular flexibility index (Phi) is 7.32. The normalized spacial score (nSPS) is 25.6. The van der Waals surface area contributed by atoms with Crippen LogP contribution in [0.25, 0.3) is 0 Å². The maximum Gasteiger partial charge on any atom is 0.214 e. The van der Waals surface area contributed by atoms with Crippen molar-refractivity contribution in [1.82, 2.24) is 4.31 Å². The van der Waals surface area contributed by atoms with Gasteiger partial charge in [-0.25, -0.2) is 8.42 Å². The van der Waals surface area contributed by atoms with Crippen molar-refractivity contribution in [2.45, 2.75) is 71.5 Å². The molecule has 0 aromatic carbocycles. The van der Waals surface area contributed by atoms with Crippen molar-refractivity contribution in [2.24, 2.45) is 0 Å². The third-order valence-corrected chi connectivity index (χ3v) is 5.42. The first kappa shape index (κ1) is 16.9. The molecular formula is C14H29NO3S. The molecule has 114 valence electrons. The number of hydrogen-bond acceptors (Lipinski definition) is 3. The van der Waals surface area contributed by atoms with Crippen LogP contribution in [0.5, 0.6) is 0 Å². The van der Waals surface area contributed by atoms with Crippen molar-refractivity contribution in [3.8, 4) is 0 Å². The van der Waals surface area contributed by atoms with Crippen LogP contribution in [-0.2, 0) is 14.8 Å². The molecule has 1 fully saturated rings. The molecule has 0 aromatic rings. The van der Waals surface area contributed by atoms with Gasteiger partial charge in [-0.1, -0.05) is 39.0 Å². The molecule has 1 aliphatic rings. The van der Waals surface area contributed by atoms with Crippen molar-refractivity contribution in [3.63, 3.8) is 0 Å². The first-order chi connectivity index (χ1) is 8.95. The highest BCUT2D eigenvalue weighted by Crippen LogP contribution is 2.16. The van der Waals surface area contributed by atoms with Crippen LogP contribution in [0, 0.1) is 0 Å². The van der Waals surface area contributed by atoms with Crippen LogP contribution in [0.4, 0.5) is 0 Å². The smallest absolute Gasteiger partial charge is 0.214 e. The lowest BCUT2D eigenvalue weighted by molar-refractivity contribution is -0.0440. The van der Waals surface area contributed by atoms with E-state index >= 15 is 0 Å². The summed E-state index contributed by atoms with van der Waals surface area (Å²) in [4.78, 5) is 0. The lowest BCUT2D eigenvalue weighted by Gasteiger charge is -2.34. The number of unbranched alkanes of at least 4 members (excludes halogenated alkanes) is 5. The molecule has 4 nitrogen and oxygen atoms in total. The highest BCUT2D eigenvalue weighted by Gasteiger charge is 2.30. The Morgan fingerprint density at radius 2 is 1.53 bits per heavy atom. The molecule has 1 heterocycles. The molecule has 5 heteroatoms. The van der Waals surface area contributed by atoms with Crippen LogP contribution >= 0.6 is 0 Å². The standard InChI is InChI=1S/C14H29NO3S/c1-4-5-6-7-8-9-10-19(16,17)15-11-13(2)18-14(3)12-15/h13-14H,4-12H2,1-3H3. The van der Waals surface area contributed by atoms with E-state index in [-0.39, 0.29) is 12.2 Å². The number of sulfonamides is 1. The molecule has 0 aromatic heterocycles. The van der Waals surface area contributed by atoms with Gasteiger partial charge >= 0.3 is 0 Å². The number of ether oxygens (including phenoxy) is 1. The molecule has 0 amide bonds. The van der Waals surface area contributed by atoms with Crippen LogP contribution in [0.1, 0.15) is 59.3 Å². The van der Waals surface area contributed by atoms with Gasteiger partial charge in [0, 0.05) is 13.1 Å². The van der Waals surface area contributed by atoms with E-state index in [1.165, 1.54) is 19.3 Å². The van der Waals surface area contributed by atoms with E-state index in [1.54, 1.807) is 4.31 Å². The molecule has 2 unspecified atom stereocenters. The third-order valence-electron chi connectivity index (χ3n) is 3.54. The van der Waals surface area contributed by atoms with Crippen LogP contribution in [-0.4, -0.2) is 43.8 Å². The molecular weight excluding hydrogens is 262 g/mol. The Bertz CT molecular complexity index is 333. The molecule has 1 rings (SSSR count). The van der Waals surface area contributed by atoms with Gasteiger partial charge in [-0.3, -0.25) is 0 Å². The summed E-state index contributed by atoms with van der Waals surface area (Å²) in [7, 11) is -3.09. The number of nitrogens with zero attached hydrogens (tertiary/aromatic N) is 1. The van der Waals surface area contributed by atoms with Gasteiger partial charge in [0.25, 0.3) is 0 Å². The minimum atomic E-state index is -3.09.